The van der Waals surface area contributed by atoms with Crippen molar-refractivity contribution in [2.75, 3.05) is 19.0 Å². The highest BCUT2D eigenvalue weighted by molar-refractivity contribution is 5.58. The lowest BCUT2D eigenvalue weighted by Gasteiger charge is -2.37. The van der Waals surface area contributed by atoms with Gasteiger partial charge in [-0.25, -0.2) is 4.79 Å². The Kier molecular flexibility index (Phi) is 6.84. The van der Waals surface area contributed by atoms with Gasteiger partial charge in [-0.15, -0.1) is 0 Å². The van der Waals surface area contributed by atoms with Gasteiger partial charge in [-0.3, -0.25) is 4.57 Å². The fraction of sp³-hybridized carbons (Fsp3) is 0.241. The van der Waals surface area contributed by atoms with Crippen molar-refractivity contribution in [2.24, 2.45) is 0 Å². The van der Waals surface area contributed by atoms with E-state index in [2.05, 4.69) is 34.6 Å². The molecule has 1 aliphatic rings. The molecular formula is C29H29N3O4. The van der Waals surface area contributed by atoms with Crippen LogP contribution in [-0.4, -0.2) is 34.5 Å². The summed E-state index contributed by atoms with van der Waals surface area (Å²) in [6, 6.07) is 29.9. The maximum absolute atomic E-state index is 13.1. The Morgan fingerprint density at radius 1 is 0.944 bits per heavy atom. The molecule has 2 N–H and O–H groups in total. The molecule has 1 fully saturated rings. The second-order valence-electron chi connectivity index (χ2n) is 8.81. The largest absolute Gasteiger partial charge is 0.497 e. The standard InChI is InChI=1S/C29H29N3O4/c1-35-24-14-12-23(13-15-24)29(21-8-4-2-5-9-21,22-10-6-3-7-11-22)31-26-18-19-32(28(34)30-26)27-17-16-25(20-33)36-27/h2-15,18-19,25,27,33H,16-17,20H2,1H3,(H,30,31,34). The van der Waals surface area contributed by atoms with Crippen LogP contribution in [0, 0.1) is 0 Å². The first-order chi connectivity index (χ1) is 17.6. The van der Waals surface area contributed by atoms with E-state index in [4.69, 9.17) is 9.47 Å². The molecule has 2 heterocycles. The molecular weight excluding hydrogens is 454 g/mol. The lowest BCUT2D eigenvalue weighted by atomic mass is 9.77. The molecule has 1 aromatic heterocycles. The summed E-state index contributed by atoms with van der Waals surface area (Å²) in [5.41, 5.74) is 1.73. The van der Waals surface area contributed by atoms with Crippen molar-refractivity contribution in [3.05, 3.63) is 124 Å². The monoisotopic (exact) mass is 483 g/mol. The van der Waals surface area contributed by atoms with E-state index in [1.165, 1.54) is 4.57 Å². The summed E-state index contributed by atoms with van der Waals surface area (Å²) in [6.07, 6.45) is 2.39. The van der Waals surface area contributed by atoms with Crippen molar-refractivity contribution in [1.29, 1.82) is 0 Å². The number of hydrogen-bond donors (Lipinski definition) is 2. The lowest BCUT2D eigenvalue weighted by molar-refractivity contribution is -0.0245. The molecule has 0 spiro atoms. The van der Waals surface area contributed by atoms with Crippen LogP contribution in [0.15, 0.2) is 102 Å². The minimum atomic E-state index is -0.827. The number of aliphatic hydroxyl groups excluding tert-OH is 1. The highest BCUT2D eigenvalue weighted by Crippen LogP contribution is 2.40. The van der Waals surface area contributed by atoms with E-state index in [0.29, 0.717) is 18.7 Å². The molecule has 0 bridgehead atoms. The van der Waals surface area contributed by atoms with Gasteiger partial charge in [0.15, 0.2) is 0 Å². The number of anilines is 1. The van der Waals surface area contributed by atoms with Crippen LogP contribution in [0.1, 0.15) is 35.8 Å². The van der Waals surface area contributed by atoms with Gasteiger partial charge in [-0.2, -0.15) is 4.98 Å². The Hall–Kier alpha value is -3.94. The predicted octanol–water partition coefficient (Wildman–Crippen LogP) is 4.33. The van der Waals surface area contributed by atoms with Crippen molar-refractivity contribution in [2.45, 2.75) is 30.7 Å². The summed E-state index contributed by atoms with van der Waals surface area (Å²) < 4.78 is 12.7. The van der Waals surface area contributed by atoms with Crippen LogP contribution < -0.4 is 15.7 Å². The van der Waals surface area contributed by atoms with Gasteiger partial charge in [0.25, 0.3) is 0 Å². The van der Waals surface area contributed by atoms with E-state index in [1.807, 2.05) is 60.7 Å². The van der Waals surface area contributed by atoms with Crippen molar-refractivity contribution < 1.29 is 14.6 Å². The second-order valence-corrected chi connectivity index (χ2v) is 8.81. The number of benzene rings is 3. The van der Waals surface area contributed by atoms with Crippen LogP contribution in [0.3, 0.4) is 0 Å². The Balaban J connectivity index is 1.62. The molecule has 5 rings (SSSR count). The molecule has 7 heteroatoms. The number of nitrogens with zero attached hydrogens (tertiary/aromatic N) is 2. The van der Waals surface area contributed by atoms with Crippen molar-refractivity contribution in [1.82, 2.24) is 9.55 Å². The number of aromatic nitrogens is 2. The number of ether oxygens (including phenoxy) is 2. The van der Waals surface area contributed by atoms with Crippen LogP contribution in [0.4, 0.5) is 5.82 Å². The van der Waals surface area contributed by atoms with E-state index in [1.54, 1.807) is 19.4 Å². The van der Waals surface area contributed by atoms with Crippen molar-refractivity contribution in [3.8, 4) is 5.75 Å². The normalized spacial score (nSPS) is 17.6. The van der Waals surface area contributed by atoms with Crippen LogP contribution in [0.2, 0.25) is 0 Å². The third-order valence-corrected chi connectivity index (χ3v) is 6.68. The van der Waals surface area contributed by atoms with E-state index in [-0.39, 0.29) is 12.7 Å². The molecule has 0 aliphatic carbocycles. The fourth-order valence-electron chi connectivity index (χ4n) is 4.85. The Morgan fingerprint density at radius 2 is 1.56 bits per heavy atom. The highest BCUT2D eigenvalue weighted by Gasteiger charge is 2.37. The SMILES string of the molecule is COc1ccc(C(Nc2ccn(C3CCC(CO)O3)c(=O)n2)(c2ccccc2)c2ccccc2)cc1. The van der Waals surface area contributed by atoms with E-state index in [0.717, 1.165) is 22.4 Å². The Labute approximate surface area is 210 Å². The predicted molar refractivity (Wildman–Crippen MR) is 138 cm³/mol. The maximum Gasteiger partial charge on any atom is 0.351 e. The zero-order valence-corrected chi connectivity index (χ0v) is 20.1. The average Bonchev–Trinajstić information content (AvgIpc) is 3.42. The quantitative estimate of drug-likeness (QED) is 0.363. The van der Waals surface area contributed by atoms with E-state index >= 15 is 0 Å². The van der Waals surface area contributed by atoms with Crippen LogP contribution in [-0.2, 0) is 10.3 Å². The molecule has 0 saturated carbocycles. The van der Waals surface area contributed by atoms with Gasteiger partial charge in [0.2, 0.25) is 0 Å². The van der Waals surface area contributed by atoms with Crippen LogP contribution in [0.25, 0.3) is 0 Å². The molecule has 4 aromatic rings. The maximum atomic E-state index is 13.1. The summed E-state index contributed by atoms with van der Waals surface area (Å²) in [6.45, 7) is -0.0587. The summed E-state index contributed by atoms with van der Waals surface area (Å²) in [5.74, 6) is 1.20. The van der Waals surface area contributed by atoms with Gasteiger partial charge in [-0.05, 0) is 47.7 Å². The van der Waals surface area contributed by atoms with Gasteiger partial charge >= 0.3 is 5.69 Å². The number of nitrogens with one attached hydrogen (secondary N) is 1. The summed E-state index contributed by atoms with van der Waals surface area (Å²) >= 11 is 0. The van der Waals surface area contributed by atoms with Gasteiger partial charge in [0.1, 0.15) is 23.3 Å². The summed E-state index contributed by atoms with van der Waals surface area (Å²) in [5, 5.41) is 13.0. The number of methoxy groups -OCH3 is 1. The molecule has 2 unspecified atom stereocenters. The van der Waals surface area contributed by atoms with Crippen molar-refractivity contribution in [3.63, 3.8) is 0 Å². The third-order valence-electron chi connectivity index (χ3n) is 6.68. The minimum absolute atomic E-state index is 0.0587. The topological polar surface area (TPSA) is 85.6 Å². The Bertz CT molecular complexity index is 1300. The zero-order chi connectivity index (χ0) is 25.0. The third kappa shape index (κ3) is 4.51. The zero-order valence-electron chi connectivity index (χ0n) is 20.1. The first kappa shape index (κ1) is 23.8. The first-order valence-electron chi connectivity index (χ1n) is 12.0. The average molecular weight is 484 g/mol. The molecule has 36 heavy (non-hydrogen) atoms. The van der Waals surface area contributed by atoms with Crippen LogP contribution >= 0.6 is 0 Å². The molecule has 1 aliphatic heterocycles. The van der Waals surface area contributed by atoms with Gasteiger partial charge in [0, 0.05) is 6.20 Å². The fourth-order valence-corrected chi connectivity index (χ4v) is 4.85. The summed E-state index contributed by atoms with van der Waals surface area (Å²) in [7, 11) is 1.64. The molecule has 184 valence electrons. The van der Waals surface area contributed by atoms with Gasteiger partial charge in [-0.1, -0.05) is 72.8 Å². The molecule has 3 aromatic carbocycles. The second kappa shape index (κ2) is 10.4. The molecule has 0 radical (unpaired) electrons. The molecule has 7 nitrogen and oxygen atoms in total. The van der Waals surface area contributed by atoms with E-state index in [9.17, 15) is 9.90 Å². The van der Waals surface area contributed by atoms with Gasteiger partial charge in [0.05, 0.1) is 19.8 Å². The number of hydrogen-bond acceptors (Lipinski definition) is 6. The first-order valence-corrected chi connectivity index (χ1v) is 12.0. The smallest absolute Gasteiger partial charge is 0.351 e. The molecule has 0 amide bonds. The minimum Gasteiger partial charge on any atom is -0.497 e. The summed E-state index contributed by atoms with van der Waals surface area (Å²) in [4.78, 5) is 17.4. The van der Waals surface area contributed by atoms with Gasteiger partial charge < -0.3 is 19.9 Å². The van der Waals surface area contributed by atoms with E-state index < -0.39 is 17.5 Å². The molecule has 2 atom stereocenters. The number of rotatable bonds is 8. The van der Waals surface area contributed by atoms with Crippen molar-refractivity contribution >= 4 is 5.82 Å². The number of aliphatic hydroxyl groups is 1. The molecule has 1 saturated heterocycles. The Morgan fingerprint density at radius 3 is 2.08 bits per heavy atom. The lowest BCUT2D eigenvalue weighted by Crippen LogP contribution is -2.39. The highest BCUT2D eigenvalue weighted by atomic mass is 16.5. The van der Waals surface area contributed by atoms with Crippen LogP contribution in [0.5, 0.6) is 5.75 Å².